The molecule has 0 spiro atoms. The normalized spacial score (nSPS) is 20.7. The van der Waals surface area contributed by atoms with Crippen molar-refractivity contribution in [1.29, 1.82) is 0 Å². The maximum absolute atomic E-state index is 14.5. The molecule has 4 heterocycles. The van der Waals surface area contributed by atoms with Gasteiger partial charge in [-0.05, 0) is 81.2 Å². The third-order valence-corrected chi connectivity index (χ3v) is 9.54. The van der Waals surface area contributed by atoms with E-state index in [1.165, 1.54) is 17.9 Å². The van der Waals surface area contributed by atoms with E-state index in [0.29, 0.717) is 23.8 Å². The molecule has 1 aromatic carbocycles. The van der Waals surface area contributed by atoms with Crippen molar-refractivity contribution in [1.82, 2.24) is 19.9 Å². The number of rotatable bonds is 7. The van der Waals surface area contributed by atoms with Crippen molar-refractivity contribution in [3.63, 3.8) is 0 Å². The Labute approximate surface area is 231 Å². The Morgan fingerprint density at radius 2 is 2.10 bits per heavy atom. The summed E-state index contributed by atoms with van der Waals surface area (Å²) in [5, 5.41) is 1.05. The molecule has 2 fully saturated rings. The van der Waals surface area contributed by atoms with Crippen molar-refractivity contribution in [2.75, 3.05) is 19.4 Å². The van der Waals surface area contributed by atoms with E-state index in [1.807, 2.05) is 18.7 Å². The number of nitrogen functional groups attached to an aromatic ring is 1. The molecule has 7 nitrogen and oxygen atoms in total. The van der Waals surface area contributed by atoms with Crippen molar-refractivity contribution in [2.24, 2.45) is 5.41 Å². The fraction of sp³-hybridized carbons (Fsp3) is 0.400. The van der Waals surface area contributed by atoms with Gasteiger partial charge in [-0.2, -0.15) is 0 Å². The molecule has 1 aliphatic carbocycles. The summed E-state index contributed by atoms with van der Waals surface area (Å²) in [6.45, 7) is 6.46. The molecule has 202 valence electrons. The average Bonchev–Trinajstić information content (AvgIpc) is 3.31. The van der Waals surface area contributed by atoms with Gasteiger partial charge in [0.15, 0.2) is 0 Å². The third kappa shape index (κ3) is 4.52. The fourth-order valence-electron chi connectivity index (χ4n) is 6.20. The van der Waals surface area contributed by atoms with Crippen molar-refractivity contribution < 1.29 is 13.9 Å². The van der Waals surface area contributed by atoms with Crippen molar-refractivity contribution in [3.8, 4) is 17.0 Å². The molecule has 3 aromatic heterocycles. The molecule has 1 aliphatic heterocycles. The second-order valence-corrected chi connectivity index (χ2v) is 12.1. The first-order valence-corrected chi connectivity index (χ1v) is 14.1. The minimum atomic E-state index is -0.600. The van der Waals surface area contributed by atoms with Gasteiger partial charge in [0.05, 0.1) is 34.4 Å². The number of aromatic nitrogens is 3. The number of anilines is 1. The van der Waals surface area contributed by atoms with Gasteiger partial charge in [-0.1, -0.05) is 6.07 Å². The average molecular weight is 546 g/mol. The van der Waals surface area contributed by atoms with E-state index in [0.717, 1.165) is 64.8 Å². The van der Waals surface area contributed by atoms with Gasteiger partial charge >= 0.3 is 0 Å². The molecule has 1 saturated carbocycles. The number of pyridine rings is 2. The minimum Gasteiger partial charge on any atom is -0.481 e. The molecule has 0 bridgehead atoms. The monoisotopic (exact) mass is 545 g/mol. The molecule has 1 unspecified atom stereocenters. The zero-order valence-electron chi connectivity index (χ0n) is 22.6. The van der Waals surface area contributed by atoms with E-state index in [4.69, 9.17) is 10.5 Å². The summed E-state index contributed by atoms with van der Waals surface area (Å²) in [5.41, 5.74) is 11.9. The van der Waals surface area contributed by atoms with Crippen LogP contribution in [0.4, 0.5) is 10.2 Å². The Bertz CT molecular complexity index is 1600. The van der Waals surface area contributed by atoms with E-state index in [1.54, 1.807) is 18.3 Å². The number of carbonyl (C=O) groups is 1. The molecular weight excluding hydrogens is 513 g/mol. The number of methoxy groups -OCH3 is 1. The Morgan fingerprint density at radius 3 is 2.87 bits per heavy atom. The molecule has 6 rings (SSSR count). The summed E-state index contributed by atoms with van der Waals surface area (Å²) >= 11 is 1.70. The predicted molar refractivity (Wildman–Crippen MR) is 151 cm³/mol. The summed E-state index contributed by atoms with van der Waals surface area (Å²) in [5.74, 6) is -0.259. The van der Waals surface area contributed by atoms with Crippen LogP contribution in [0.15, 0.2) is 36.5 Å². The number of nitrogens with two attached hydrogens (primary N) is 1. The van der Waals surface area contributed by atoms with Gasteiger partial charge in [-0.3, -0.25) is 4.79 Å². The van der Waals surface area contributed by atoms with Crippen LogP contribution in [0.25, 0.3) is 21.3 Å². The summed E-state index contributed by atoms with van der Waals surface area (Å²) < 4.78 is 20.8. The number of fused-ring (bicyclic) bond motifs is 2. The second kappa shape index (κ2) is 9.55. The molecule has 1 amide bonds. The highest BCUT2D eigenvalue weighted by molar-refractivity contribution is 7.18. The van der Waals surface area contributed by atoms with Crippen molar-refractivity contribution >= 4 is 33.3 Å². The number of thiazole rings is 1. The van der Waals surface area contributed by atoms with Gasteiger partial charge in [0.2, 0.25) is 11.8 Å². The van der Waals surface area contributed by atoms with E-state index in [9.17, 15) is 9.18 Å². The topological polar surface area (TPSA) is 94.2 Å². The summed E-state index contributed by atoms with van der Waals surface area (Å²) in [6.07, 6.45) is 4.78. The Hall–Kier alpha value is -3.59. The highest BCUT2D eigenvalue weighted by Crippen LogP contribution is 2.60. The van der Waals surface area contributed by atoms with E-state index >= 15 is 0 Å². The quantitative estimate of drug-likeness (QED) is 0.314. The van der Waals surface area contributed by atoms with Crippen LogP contribution in [-0.4, -0.2) is 45.5 Å². The van der Waals surface area contributed by atoms with Gasteiger partial charge < -0.3 is 15.4 Å². The molecule has 2 aliphatic rings. The van der Waals surface area contributed by atoms with Crippen LogP contribution in [0.5, 0.6) is 5.88 Å². The molecule has 3 atom stereocenters. The lowest BCUT2D eigenvalue weighted by Crippen LogP contribution is -2.34. The number of hydrogen-bond donors (Lipinski definition) is 1. The van der Waals surface area contributed by atoms with Crippen LogP contribution in [0, 0.1) is 25.1 Å². The first-order chi connectivity index (χ1) is 18.7. The Balaban J connectivity index is 1.17. The molecule has 9 heteroatoms. The van der Waals surface area contributed by atoms with E-state index < -0.39 is 11.7 Å². The fourth-order valence-corrected chi connectivity index (χ4v) is 7.01. The van der Waals surface area contributed by atoms with Crippen LogP contribution in [-0.2, 0) is 11.2 Å². The number of likely N-dealkylation sites (tertiary alicyclic amines) is 1. The van der Waals surface area contributed by atoms with Gasteiger partial charge in [0.1, 0.15) is 11.6 Å². The van der Waals surface area contributed by atoms with Gasteiger partial charge in [-0.15, -0.1) is 11.3 Å². The second-order valence-electron chi connectivity index (χ2n) is 10.9. The lowest BCUT2D eigenvalue weighted by Gasteiger charge is -2.23. The van der Waals surface area contributed by atoms with E-state index in [2.05, 4.69) is 39.2 Å². The first-order valence-electron chi connectivity index (χ1n) is 13.3. The largest absolute Gasteiger partial charge is 0.481 e. The standard InChI is InChI=1S/C30H32FN5O2S/c1-16(21-13-27(38-4)33-15-23(21)31)29(37)36-10-9-30(14-26(30)36)8-7-20-11-22(17(2)34-28(20)32)19-5-6-25-24(12-19)35-18(3)39-25/h5-6,11-13,15-16,26H,7-10,14H2,1-4H3,(H2,32,34)/t16-,26?,30-/m1/s1. The van der Waals surface area contributed by atoms with Gasteiger partial charge in [0, 0.05) is 35.5 Å². The maximum Gasteiger partial charge on any atom is 0.230 e. The van der Waals surface area contributed by atoms with Crippen molar-refractivity contribution in [3.05, 3.63) is 64.2 Å². The number of halogens is 1. The smallest absolute Gasteiger partial charge is 0.230 e. The lowest BCUT2D eigenvalue weighted by atomic mass is 9.93. The van der Waals surface area contributed by atoms with Crippen LogP contribution < -0.4 is 10.5 Å². The number of carbonyl (C=O) groups excluding carboxylic acids is 1. The van der Waals surface area contributed by atoms with Crippen LogP contribution in [0.3, 0.4) is 0 Å². The SMILES string of the molecule is COc1cc([C@@H](C)C(=O)N2CC[C@]3(CCc4cc(-c5ccc6sc(C)nc6c5)c(C)nc4N)CC23)c(F)cn1. The number of aryl methyl sites for hydroxylation is 3. The molecular formula is C30H32FN5O2S. The highest BCUT2D eigenvalue weighted by atomic mass is 32.1. The lowest BCUT2D eigenvalue weighted by molar-refractivity contribution is -0.132. The molecule has 39 heavy (non-hydrogen) atoms. The van der Waals surface area contributed by atoms with E-state index in [-0.39, 0.29) is 17.4 Å². The van der Waals surface area contributed by atoms with Gasteiger partial charge in [-0.25, -0.2) is 19.3 Å². The predicted octanol–water partition coefficient (Wildman–Crippen LogP) is 5.83. The number of benzene rings is 1. The van der Waals surface area contributed by atoms with Crippen molar-refractivity contribution in [2.45, 2.75) is 58.4 Å². The minimum absolute atomic E-state index is 0.0435. The zero-order valence-corrected chi connectivity index (χ0v) is 23.4. The Kier molecular flexibility index (Phi) is 6.29. The summed E-state index contributed by atoms with van der Waals surface area (Å²) in [6, 6.07) is 10.3. The third-order valence-electron chi connectivity index (χ3n) is 8.59. The van der Waals surface area contributed by atoms with Gasteiger partial charge in [0.25, 0.3) is 0 Å². The maximum atomic E-state index is 14.5. The Morgan fingerprint density at radius 1 is 1.28 bits per heavy atom. The highest BCUT2D eigenvalue weighted by Gasteiger charge is 2.61. The number of ether oxygens (including phenoxy) is 1. The summed E-state index contributed by atoms with van der Waals surface area (Å²) in [7, 11) is 1.48. The first kappa shape index (κ1) is 25.7. The number of piperidine rings is 1. The molecule has 2 N–H and O–H groups in total. The summed E-state index contributed by atoms with van der Waals surface area (Å²) in [4.78, 5) is 28.6. The van der Waals surface area contributed by atoms with Crippen LogP contribution in [0.2, 0.25) is 0 Å². The number of amides is 1. The van der Waals surface area contributed by atoms with Crippen LogP contribution in [0.1, 0.15) is 53.9 Å². The number of nitrogens with zero attached hydrogens (tertiary/aromatic N) is 4. The molecule has 1 saturated heterocycles. The molecule has 0 radical (unpaired) electrons. The zero-order chi connectivity index (χ0) is 27.5. The van der Waals surface area contributed by atoms with Crippen LogP contribution >= 0.6 is 11.3 Å². The number of hydrogen-bond acceptors (Lipinski definition) is 7. The molecule has 4 aromatic rings.